The topological polar surface area (TPSA) is 79.4 Å². The second-order valence-corrected chi connectivity index (χ2v) is 7.40. The molecule has 1 saturated carbocycles. The molecule has 2 fully saturated rings. The third-order valence-corrected chi connectivity index (χ3v) is 5.78. The first-order chi connectivity index (χ1) is 12.6. The summed E-state index contributed by atoms with van der Waals surface area (Å²) < 4.78 is 0. The number of amides is 3. The van der Waals surface area contributed by atoms with Gasteiger partial charge in [-0.15, -0.1) is 0 Å². The van der Waals surface area contributed by atoms with E-state index in [2.05, 4.69) is 22.5 Å². The maximum absolute atomic E-state index is 12.6. The van der Waals surface area contributed by atoms with Gasteiger partial charge in [0.1, 0.15) is 5.82 Å². The average Bonchev–Trinajstić information content (AvgIpc) is 3.31. The van der Waals surface area contributed by atoms with Crippen LogP contribution in [0.4, 0.5) is 5.82 Å². The predicted molar refractivity (Wildman–Crippen MR) is 95.8 cm³/mol. The zero-order chi connectivity index (χ0) is 18.1. The largest absolute Gasteiger partial charge is 0.311 e. The SMILES string of the molecule is O=C(CCCCCN1C(=O)C2C3C=CC(C3)C2C1=O)Nc1ccccn1. The molecule has 2 aliphatic carbocycles. The summed E-state index contributed by atoms with van der Waals surface area (Å²) >= 11 is 0. The number of rotatable bonds is 7. The molecule has 1 aliphatic heterocycles. The van der Waals surface area contributed by atoms with Crippen LogP contribution in [0, 0.1) is 23.7 Å². The number of hydrogen-bond acceptors (Lipinski definition) is 4. The van der Waals surface area contributed by atoms with Crippen LogP contribution >= 0.6 is 0 Å². The Kier molecular flexibility index (Phi) is 4.57. The van der Waals surface area contributed by atoms with Gasteiger partial charge in [-0.3, -0.25) is 19.3 Å². The summed E-state index contributed by atoms with van der Waals surface area (Å²) in [6.07, 6.45) is 9.53. The smallest absolute Gasteiger partial charge is 0.233 e. The Morgan fingerprint density at radius 2 is 1.81 bits per heavy atom. The van der Waals surface area contributed by atoms with Crippen molar-refractivity contribution in [3.05, 3.63) is 36.5 Å². The number of imide groups is 1. The minimum Gasteiger partial charge on any atom is -0.311 e. The molecule has 1 N–H and O–H groups in total. The van der Waals surface area contributed by atoms with E-state index in [9.17, 15) is 14.4 Å². The van der Waals surface area contributed by atoms with Crippen LogP contribution in [0.2, 0.25) is 0 Å². The van der Waals surface area contributed by atoms with Gasteiger partial charge in [0, 0.05) is 19.2 Å². The van der Waals surface area contributed by atoms with Crippen LogP contribution in [0.1, 0.15) is 32.1 Å². The van der Waals surface area contributed by atoms with Crippen molar-refractivity contribution < 1.29 is 14.4 Å². The summed E-state index contributed by atoms with van der Waals surface area (Å²) in [6, 6.07) is 5.37. The molecule has 1 aromatic heterocycles. The molecule has 2 heterocycles. The molecule has 1 saturated heterocycles. The minimum absolute atomic E-state index is 0.0183. The number of fused-ring (bicyclic) bond motifs is 5. The number of likely N-dealkylation sites (tertiary alicyclic amines) is 1. The molecule has 0 spiro atoms. The van der Waals surface area contributed by atoms with Crippen molar-refractivity contribution in [1.82, 2.24) is 9.88 Å². The molecule has 0 aromatic carbocycles. The van der Waals surface area contributed by atoms with E-state index < -0.39 is 0 Å². The van der Waals surface area contributed by atoms with E-state index in [0.29, 0.717) is 18.8 Å². The minimum atomic E-state index is -0.110. The average molecular weight is 353 g/mol. The second-order valence-electron chi connectivity index (χ2n) is 7.40. The van der Waals surface area contributed by atoms with E-state index in [1.807, 2.05) is 6.07 Å². The number of allylic oxidation sites excluding steroid dienone is 2. The Hall–Kier alpha value is -2.50. The van der Waals surface area contributed by atoms with E-state index >= 15 is 0 Å². The number of carbonyl (C=O) groups is 3. The molecule has 4 unspecified atom stereocenters. The molecule has 3 aliphatic rings. The van der Waals surface area contributed by atoms with E-state index in [4.69, 9.17) is 0 Å². The molecule has 4 atom stereocenters. The molecule has 4 rings (SSSR count). The normalized spacial score (nSPS) is 28.7. The summed E-state index contributed by atoms with van der Waals surface area (Å²) in [5.41, 5.74) is 0. The fourth-order valence-electron chi connectivity index (χ4n) is 4.56. The van der Waals surface area contributed by atoms with Crippen molar-refractivity contribution in [1.29, 1.82) is 0 Å². The highest BCUT2D eigenvalue weighted by atomic mass is 16.2. The maximum Gasteiger partial charge on any atom is 0.233 e. The van der Waals surface area contributed by atoms with Gasteiger partial charge >= 0.3 is 0 Å². The van der Waals surface area contributed by atoms with Gasteiger partial charge in [-0.1, -0.05) is 24.6 Å². The number of nitrogens with zero attached hydrogens (tertiary/aromatic N) is 2. The van der Waals surface area contributed by atoms with Crippen molar-refractivity contribution in [2.24, 2.45) is 23.7 Å². The Bertz CT molecular complexity index is 716. The van der Waals surface area contributed by atoms with Crippen LogP contribution < -0.4 is 5.32 Å². The zero-order valence-corrected chi connectivity index (χ0v) is 14.6. The Morgan fingerprint density at radius 1 is 1.08 bits per heavy atom. The first-order valence-corrected chi connectivity index (χ1v) is 9.39. The molecule has 1 aromatic rings. The van der Waals surface area contributed by atoms with Crippen LogP contribution in [0.25, 0.3) is 0 Å². The van der Waals surface area contributed by atoms with Crippen molar-refractivity contribution >= 4 is 23.5 Å². The third-order valence-electron chi connectivity index (χ3n) is 5.78. The molecule has 2 bridgehead atoms. The van der Waals surface area contributed by atoms with Gasteiger partial charge in [0.25, 0.3) is 0 Å². The van der Waals surface area contributed by atoms with Crippen LogP contribution in [-0.2, 0) is 14.4 Å². The molecule has 3 amide bonds. The number of aromatic nitrogens is 1. The molecule has 136 valence electrons. The highest BCUT2D eigenvalue weighted by molar-refractivity contribution is 6.06. The molecular formula is C20H23N3O3. The second kappa shape index (κ2) is 7.02. The first kappa shape index (κ1) is 16.9. The van der Waals surface area contributed by atoms with Gasteiger partial charge in [0.15, 0.2) is 0 Å². The van der Waals surface area contributed by atoms with Gasteiger partial charge < -0.3 is 5.32 Å². The van der Waals surface area contributed by atoms with E-state index in [-0.39, 0.29) is 41.4 Å². The summed E-state index contributed by atoms with van der Waals surface area (Å²) in [6.45, 7) is 0.478. The molecule has 6 heteroatoms. The lowest BCUT2D eigenvalue weighted by molar-refractivity contribution is -0.140. The van der Waals surface area contributed by atoms with E-state index in [1.165, 1.54) is 4.90 Å². The highest BCUT2D eigenvalue weighted by Gasteiger charge is 2.58. The maximum atomic E-state index is 12.6. The number of unbranched alkanes of at least 4 members (excludes halogenated alkanes) is 2. The monoisotopic (exact) mass is 353 g/mol. The molecule has 26 heavy (non-hydrogen) atoms. The molecule has 0 radical (unpaired) electrons. The van der Waals surface area contributed by atoms with Gasteiger partial charge in [-0.25, -0.2) is 4.98 Å². The summed E-state index contributed by atoms with van der Waals surface area (Å²) in [5.74, 6) is 0.844. The molecule has 6 nitrogen and oxygen atoms in total. The fraction of sp³-hybridized carbons (Fsp3) is 0.500. The number of hydrogen-bond donors (Lipinski definition) is 1. The van der Waals surface area contributed by atoms with Crippen molar-refractivity contribution in [2.75, 3.05) is 11.9 Å². The third kappa shape index (κ3) is 3.04. The fourth-order valence-corrected chi connectivity index (χ4v) is 4.56. The van der Waals surface area contributed by atoms with Crippen molar-refractivity contribution in [2.45, 2.75) is 32.1 Å². The van der Waals surface area contributed by atoms with Gasteiger partial charge in [-0.05, 0) is 43.2 Å². The number of nitrogens with one attached hydrogen (secondary N) is 1. The Labute approximate surface area is 152 Å². The quantitative estimate of drug-likeness (QED) is 0.464. The lowest BCUT2D eigenvalue weighted by Gasteiger charge is -2.16. The van der Waals surface area contributed by atoms with Gasteiger partial charge in [-0.2, -0.15) is 0 Å². The Balaban J connectivity index is 1.18. The van der Waals surface area contributed by atoms with Crippen LogP contribution in [-0.4, -0.2) is 34.2 Å². The highest BCUT2D eigenvalue weighted by Crippen LogP contribution is 2.52. The summed E-state index contributed by atoms with van der Waals surface area (Å²) in [5, 5.41) is 2.76. The number of pyridine rings is 1. The summed E-state index contributed by atoms with van der Waals surface area (Å²) in [4.78, 5) is 42.5. The predicted octanol–water partition coefficient (Wildman–Crippen LogP) is 2.39. The standard InChI is InChI=1S/C20H23N3O3/c24-16(22-15-6-3-4-10-21-15)7-2-1-5-11-23-19(25)17-13-8-9-14(12-13)18(17)20(23)26/h3-4,6,8-10,13-14,17-18H,1-2,5,7,11-12H2,(H,21,22,24). The molecular weight excluding hydrogens is 330 g/mol. The zero-order valence-electron chi connectivity index (χ0n) is 14.6. The van der Waals surface area contributed by atoms with Crippen LogP contribution in [0.5, 0.6) is 0 Å². The van der Waals surface area contributed by atoms with Crippen LogP contribution in [0.3, 0.4) is 0 Å². The van der Waals surface area contributed by atoms with Gasteiger partial charge in [0.2, 0.25) is 17.7 Å². The number of carbonyl (C=O) groups excluding carboxylic acids is 3. The van der Waals surface area contributed by atoms with Crippen molar-refractivity contribution in [3.8, 4) is 0 Å². The van der Waals surface area contributed by atoms with Gasteiger partial charge in [0.05, 0.1) is 11.8 Å². The lowest BCUT2D eigenvalue weighted by atomic mass is 9.85. The van der Waals surface area contributed by atoms with Crippen LogP contribution in [0.15, 0.2) is 36.5 Å². The number of anilines is 1. The summed E-state index contributed by atoms with van der Waals surface area (Å²) in [7, 11) is 0. The van der Waals surface area contributed by atoms with E-state index in [0.717, 1.165) is 25.7 Å². The first-order valence-electron chi connectivity index (χ1n) is 9.39. The van der Waals surface area contributed by atoms with E-state index in [1.54, 1.807) is 18.3 Å². The van der Waals surface area contributed by atoms with Crippen molar-refractivity contribution in [3.63, 3.8) is 0 Å². The Morgan fingerprint density at radius 3 is 2.46 bits per heavy atom. The lowest BCUT2D eigenvalue weighted by Crippen LogP contribution is -2.33.